The fourth-order valence-corrected chi connectivity index (χ4v) is 6.67. The maximum absolute atomic E-state index is 12.7. The first-order valence-electron chi connectivity index (χ1n) is 8.82. The Morgan fingerprint density at radius 2 is 1.77 bits per heavy atom. The Bertz CT molecular complexity index is 1190. The molecule has 0 unspecified atom stereocenters. The number of nitrogens with zero attached hydrogens (tertiary/aromatic N) is 1. The van der Waals surface area contributed by atoms with E-state index in [-0.39, 0.29) is 5.91 Å². The molecule has 0 aliphatic carbocycles. The van der Waals surface area contributed by atoms with Crippen molar-refractivity contribution < 1.29 is 13.2 Å². The van der Waals surface area contributed by atoms with Crippen molar-refractivity contribution in [3.05, 3.63) is 56.9 Å². The molecule has 0 atom stereocenters. The minimum atomic E-state index is -3.21. The van der Waals surface area contributed by atoms with Crippen LogP contribution in [0.2, 0.25) is 0 Å². The normalized spacial score (nSPS) is 11.6. The third-order valence-electron chi connectivity index (χ3n) is 3.97. The maximum Gasteiger partial charge on any atom is 0.267 e. The number of thiophene rings is 3. The quantitative estimate of drug-likeness (QED) is 0.360. The van der Waals surface area contributed by atoms with Gasteiger partial charge >= 0.3 is 0 Å². The Morgan fingerprint density at radius 3 is 2.43 bits per heavy atom. The zero-order valence-electron chi connectivity index (χ0n) is 15.7. The number of carbonyl (C=O) groups is 1. The maximum atomic E-state index is 12.7. The summed E-state index contributed by atoms with van der Waals surface area (Å²) >= 11 is 6.08. The van der Waals surface area contributed by atoms with Gasteiger partial charge in [0.05, 0.1) is 20.9 Å². The van der Waals surface area contributed by atoms with Crippen LogP contribution in [0, 0.1) is 0 Å². The monoisotopic (exact) mass is 495 g/mol. The Labute approximate surface area is 190 Å². The molecule has 156 valence electrons. The van der Waals surface area contributed by atoms with Crippen LogP contribution in [0.25, 0.3) is 20.3 Å². The first kappa shape index (κ1) is 21.3. The van der Waals surface area contributed by atoms with Gasteiger partial charge in [-0.15, -0.1) is 34.0 Å². The van der Waals surface area contributed by atoms with Gasteiger partial charge in [0.2, 0.25) is 10.0 Å². The van der Waals surface area contributed by atoms with Gasteiger partial charge < -0.3 is 0 Å². The Hall–Kier alpha value is -1.89. The minimum absolute atomic E-state index is 0.216. The molecule has 0 aromatic carbocycles. The molecule has 0 radical (unpaired) electrons. The van der Waals surface area contributed by atoms with Gasteiger partial charge in [-0.1, -0.05) is 23.5 Å². The molecule has 0 saturated heterocycles. The smallest absolute Gasteiger partial charge is 0.267 e. The van der Waals surface area contributed by atoms with Crippen molar-refractivity contribution in [3.8, 4) is 20.3 Å². The molecular formula is C19H17N3O3S5. The van der Waals surface area contributed by atoms with Crippen molar-refractivity contribution in [2.24, 2.45) is 0 Å². The molecule has 11 heteroatoms. The van der Waals surface area contributed by atoms with E-state index in [1.165, 1.54) is 22.7 Å². The summed E-state index contributed by atoms with van der Waals surface area (Å²) in [6, 6.07) is 11.7. The van der Waals surface area contributed by atoms with Crippen LogP contribution in [0.1, 0.15) is 14.5 Å². The molecule has 0 fully saturated rings. The number of sulfonamides is 1. The summed E-state index contributed by atoms with van der Waals surface area (Å²) in [5.74, 6) is -0.216. The van der Waals surface area contributed by atoms with Gasteiger partial charge in [0, 0.05) is 16.3 Å². The number of nitrogens with one attached hydrogen (secondary N) is 2. The van der Waals surface area contributed by atoms with Crippen LogP contribution in [0.15, 0.2) is 47.2 Å². The lowest BCUT2D eigenvalue weighted by Gasteiger charge is -2.00. The number of hydrogen-bond acceptors (Lipinski definition) is 8. The first-order valence-corrected chi connectivity index (χ1v) is 14.1. The number of rotatable bonds is 8. The second kappa shape index (κ2) is 9.08. The zero-order valence-corrected chi connectivity index (χ0v) is 19.8. The molecule has 6 nitrogen and oxygen atoms in total. The molecule has 0 aliphatic heterocycles. The highest BCUT2D eigenvalue weighted by molar-refractivity contribution is 7.88. The van der Waals surface area contributed by atoms with Crippen molar-refractivity contribution in [1.29, 1.82) is 0 Å². The molecule has 0 aliphatic rings. The van der Waals surface area contributed by atoms with Gasteiger partial charge in [0.25, 0.3) is 5.91 Å². The Morgan fingerprint density at radius 1 is 1.03 bits per heavy atom. The van der Waals surface area contributed by atoms with E-state index in [0.717, 1.165) is 31.5 Å². The molecule has 2 N–H and O–H groups in total. The zero-order chi connectivity index (χ0) is 21.1. The summed E-state index contributed by atoms with van der Waals surface area (Å²) in [4.78, 5) is 22.1. The van der Waals surface area contributed by atoms with Crippen molar-refractivity contribution in [2.75, 3.05) is 18.1 Å². The van der Waals surface area contributed by atoms with Gasteiger partial charge in [0.15, 0.2) is 5.13 Å². The highest BCUT2D eigenvalue weighted by Crippen LogP contribution is 2.42. The minimum Gasteiger partial charge on any atom is -0.297 e. The molecule has 30 heavy (non-hydrogen) atoms. The molecule has 0 saturated carbocycles. The molecule has 1 amide bonds. The fourth-order valence-electron chi connectivity index (χ4n) is 2.68. The summed E-state index contributed by atoms with van der Waals surface area (Å²) in [6.45, 7) is 0.307. The lowest BCUT2D eigenvalue weighted by molar-refractivity contribution is 0.103. The fraction of sp³-hybridized carbons (Fsp3) is 0.158. The molecule has 4 heterocycles. The van der Waals surface area contributed by atoms with Gasteiger partial charge in [-0.2, -0.15) is 0 Å². The molecule has 4 rings (SSSR count). The number of amides is 1. The summed E-state index contributed by atoms with van der Waals surface area (Å²) < 4.78 is 24.8. The van der Waals surface area contributed by atoms with Crippen LogP contribution in [0.5, 0.6) is 0 Å². The number of hydrogen-bond donors (Lipinski definition) is 2. The van der Waals surface area contributed by atoms with E-state index in [9.17, 15) is 13.2 Å². The molecule has 4 aromatic rings. The number of thiazole rings is 1. The van der Waals surface area contributed by atoms with E-state index in [0.29, 0.717) is 23.0 Å². The number of aromatic nitrogens is 1. The van der Waals surface area contributed by atoms with Crippen LogP contribution in [0.3, 0.4) is 0 Å². The van der Waals surface area contributed by atoms with Crippen LogP contribution >= 0.6 is 45.3 Å². The van der Waals surface area contributed by atoms with Crippen LogP contribution in [-0.4, -0.2) is 32.1 Å². The van der Waals surface area contributed by atoms with Gasteiger partial charge in [-0.3, -0.25) is 10.1 Å². The lowest BCUT2D eigenvalue weighted by Crippen LogP contribution is -2.24. The largest absolute Gasteiger partial charge is 0.297 e. The summed E-state index contributed by atoms with van der Waals surface area (Å²) in [5, 5.41) is 7.51. The summed E-state index contributed by atoms with van der Waals surface area (Å²) in [6.07, 6.45) is 1.66. The Balaban J connectivity index is 1.49. The topological polar surface area (TPSA) is 88.2 Å². The summed E-state index contributed by atoms with van der Waals surface area (Å²) in [5.41, 5.74) is 0.881. The highest BCUT2D eigenvalue weighted by atomic mass is 32.2. The van der Waals surface area contributed by atoms with E-state index in [2.05, 4.69) is 21.1 Å². The van der Waals surface area contributed by atoms with Crippen molar-refractivity contribution >= 4 is 66.4 Å². The van der Waals surface area contributed by atoms with E-state index < -0.39 is 10.0 Å². The van der Waals surface area contributed by atoms with Crippen LogP contribution < -0.4 is 10.0 Å². The second-order valence-corrected chi connectivity index (χ2v) is 12.2. The Kier molecular flexibility index (Phi) is 6.46. The van der Waals surface area contributed by atoms with E-state index in [4.69, 9.17) is 0 Å². The number of carbonyl (C=O) groups excluding carboxylic acids is 1. The molecule has 0 spiro atoms. The van der Waals surface area contributed by atoms with Crippen LogP contribution in [-0.2, 0) is 16.4 Å². The lowest BCUT2D eigenvalue weighted by atomic mass is 10.3. The third-order valence-corrected chi connectivity index (χ3v) is 8.74. The average molecular weight is 496 g/mol. The molecule has 0 bridgehead atoms. The van der Waals surface area contributed by atoms with Crippen molar-refractivity contribution in [1.82, 2.24) is 9.71 Å². The van der Waals surface area contributed by atoms with Gasteiger partial charge in [0.1, 0.15) is 5.69 Å². The van der Waals surface area contributed by atoms with E-state index in [1.807, 2.05) is 35.0 Å². The van der Waals surface area contributed by atoms with E-state index >= 15 is 0 Å². The second-order valence-electron chi connectivity index (χ2n) is 6.29. The third kappa shape index (κ3) is 5.23. The molecular weight excluding hydrogens is 479 g/mol. The molecule has 4 aromatic heterocycles. The average Bonchev–Trinajstić information content (AvgIpc) is 3.45. The highest BCUT2D eigenvalue weighted by Gasteiger charge is 2.19. The first-order chi connectivity index (χ1) is 14.4. The SMILES string of the molecule is CS(=O)(=O)NCCc1ccc(C(=O)Nc2nc(-c3cccs3)c(-c3cccs3)s2)s1. The van der Waals surface area contributed by atoms with Gasteiger partial charge in [-0.05, 0) is 41.4 Å². The van der Waals surface area contributed by atoms with Gasteiger partial charge in [-0.25, -0.2) is 18.1 Å². The van der Waals surface area contributed by atoms with Crippen molar-refractivity contribution in [3.63, 3.8) is 0 Å². The standard InChI is InChI=1S/C19H17N3O3S5/c1-30(24,25)20-9-8-12-6-7-15(28-12)18(23)22-19-21-16(13-4-2-10-26-13)17(29-19)14-5-3-11-27-14/h2-7,10-11,20H,8-9H2,1H3,(H,21,22,23). The van der Waals surface area contributed by atoms with Crippen LogP contribution in [0.4, 0.5) is 5.13 Å². The summed E-state index contributed by atoms with van der Waals surface area (Å²) in [7, 11) is -3.21. The predicted octanol–water partition coefficient (Wildman–Crippen LogP) is 5.01. The number of anilines is 1. The predicted molar refractivity (Wildman–Crippen MR) is 128 cm³/mol. The van der Waals surface area contributed by atoms with E-state index in [1.54, 1.807) is 28.7 Å². The van der Waals surface area contributed by atoms with Crippen molar-refractivity contribution in [2.45, 2.75) is 6.42 Å².